The normalized spacial score (nSPS) is 13.7. The summed E-state index contributed by atoms with van der Waals surface area (Å²) < 4.78 is 0. The maximum absolute atomic E-state index is 2.49. The Morgan fingerprint density at radius 1 is 0.348 bits per heavy atom. The minimum absolute atomic E-state index is 0.142. The highest BCUT2D eigenvalue weighted by Gasteiger charge is 2.46. The molecule has 1 nitrogen and oxygen atoms in total. The van der Waals surface area contributed by atoms with Gasteiger partial charge in [-0.1, -0.05) is 238 Å². The molecule has 0 aliphatic heterocycles. The summed E-state index contributed by atoms with van der Waals surface area (Å²) in [6, 6.07) is 91.8. The summed E-state index contributed by atoms with van der Waals surface area (Å²) in [5, 5.41) is 0. The van der Waals surface area contributed by atoms with Crippen LogP contribution in [0.1, 0.15) is 71.2 Å². The van der Waals surface area contributed by atoms with E-state index in [1.807, 2.05) is 0 Å². The molecule has 10 aromatic rings. The first kappa shape index (κ1) is 42.1. The van der Waals surface area contributed by atoms with E-state index in [-0.39, 0.29) is 5.41 Å². The number of rotatable bonds is 11. The van der Waals surface area contributed by atoms with Crippen LogP contribution < -0.4 is 4.90 Å². The van der Waals surface area contributed by atoms with E-state index in [4.69, 9.17) is 0 Å². The number of hydrogen-bond donors (Lipinski definition) is 0. The van der Waals surface area contributed by atoms with Crippen LogP contribution in [-0.2, 0) is 10.8 Å². The maximum atomic E-state index is 2.49. The molecule has 0 fully saturated rings. The molecule has 0 bridgehead atoms. The molecular formula is C68H53N. The molecule has 0 saturated heterocycles. The van der Waals surface area contributed by atoms with Crippen molar-refractivity contribution in [2.24, 2.45) is 0 Å². The highest BCUT2D eigenvalue weighted by Crippen LogP contribution is 2.58. The molecule has 2 aliphatic rings. The van der Waals surface area contributed by atoms with Crippen LogP contribution in [0.2, 0.25) is 0 Å². The van der Waals surface area contributed by atoms with Crippen molar-refractivity contribution in [2.45, 2.75) is 37.5 Å². The van der Waals surface area contributed by atoms with Gasteiger partial charge in [0.05, 0.1) is 5.41 Å². The molecule has 69 heavy (non-hydrogen) atoms. The molecular weight excluding hydrogens is 831 g/mol. The Labute approximate surface area is 407 Å². The standard InChI is InChI=1S/C68H53N/c1-3-67(4-2)64-45-48(37-39-51-27-22-36-63-66(51)60-34-20-21-35-62(60)68(63,52-28-14-7-15-29-52)53-30-16-8-17-31-53)38-42-58(64)59-44-41-56(47-65(59)67)69(54-32-18-9-19-33-54)55-40-43-57(49-23-10-5-11-24-49)61(46-55)50-25-12-6-13-26-50/h5-47H,3-4H2,1-2H3. The van der Waals surface area contributed by atoms with Crippen molar-refractivity contribution >= 4 is 29.2 Å². The van der Waals surface area contributed by atoms with Gasteiger partial charge >= 0.3 is 0 Å². The van der Waals surface area contributed by atoms with E-state index >= 15 is 0 Å². The van der Waals surface area contributed by atoms with Gasteiger partial charge in [0, 0.05) is 22.5 Å². The minimum Gasteiger partial charge on any atom is -0.310 e. The number of anilines is 3. The fourth-order valence-electron chi connectivity index (χ4n) is 12.0. The van der Waals surface area contributed by atoms with Crippen molar-refractivity contribution in [3.8, 4) is 44.5 Å². The lowest BCUT2D eigenvalue weighted by molar-refractivity contribution is 0.490. The predicted octanol–water partition coefficient (Wildman–Crippen LogP) is 18.1. The van der Waals surface area contributed by atoms with Crippen LogP contribution in [0.15, 0.2) is 249 Å². The van der Waals surface area contributed by atoms with Crippen molar-refractivity contribution < 1.29 is 0 Å². The molecule has 0 saturated carbocycles. The van der Waals surface area contributed by atoms with Gasteiger partial charge in [-0.3, -0.25) is 0 Å². The van der Waals surface area contributed by atoms with Crippen molar-refractivity contribution in [1.82, 2.24) is 0 Å². The molecule has 0 heterocycles. The molecule has 0 spiro atoms. The molecule has 2 aliphatic carbocycles. The van der Waals surface area contributed by atoms with Crippen molar-refractivity contribution in [3.63, 3.8) is 0 Å². The van der Waals surface area contributed by atoms with Gasteiger partial charge in [0.25, 0.3) is 0 Å². The van der Waals surface area contributed by atoms with Gasteiger partial charge < -0.3 is 4.90 Å². The minimum atomic E-state index is -0.426. The van der Waals surface area contributed by atoms with Gasteiger partial charge in [-0.15, -0.1) is 0 Å². The number of nitrogens with zero attached hydrogens (tertiary/aromatic N) is 1. The molecule has 0 amide bonds. The molecule has 330 valence electrons. The Bertz CT molecular complexity index is 3460. The third kappa shape index (κ3) is 6.83. The Morgan fingerprint density at radius 2 is 0.855 bits per heavy atom. The van der Waals surface area contributed by atoms with E-state index in [1.165, 1.54) is 89.0 Å². The molecule has 1 heteroatoms. The number of benzene rings is 10. The molecule has 12 rings (SSSR count). The molecule has 0 unspecified atom stereocenters. The van der Waals surface area contributed by atoms with E-state index in [0.29, 0.717) is 0 Å². The van der Waals surface area contributed by atoms with Gasteiger partial charge in [-0.25, -0.2) is 0 Å². The second kappa shape index (κ2) is 17.4. The van der Waals surface area contributed by atoms with Crippen LogP contribution in [0.25, 0.3) is 56.7 Å². The first-order chi connectivity index (χ1) is 34.1. The number of fused-ring (bicyclic) bond motifs is 6. The fraction of sp³-hybridized carbons (Fsp3) is 0.0882. The summed E-state index contributed by atoms with van der Waals surface area (Å²) in [4.78, 5) is 2.44. The Morgan fingerprint density at radius 3 is 1.49 bits per heavy atom. The van der Waals surface area contributed by atoms with Gasteiger partial charge in [0.1, 0.15) is 0 Å². The summed E-state index contributed by atoms with van der Waals surface area (Å²) >= 11 is 0. The summed E-state index contributed by atoms with van der Waals surface area (Å²) in [6.07, 6.45) is 6.70. The second-order valence-corrected chi connectivity index (χ2v) is 18.6. The number of hydrogen-bond acceptors (Lipinski definition) is 1. The summed E-state index contributed by atoms with van der Waals surface area (Å²) in [5.41, 5.74) is 23.5. The van der Waals surface area contributed by atoms with Crippen LogP contribution in [0.5, 0.6) is 0 Å². The second-order valence-electron chi connectivity index (χ2n) is 18.6. The first-order valence-electron chi connectivity index (χ1n) is 24.5. The quantitative estimate of drug-likeness (QED) is 0.117. The van der Waals surface area contributed by atoms with Crippen molar-refractivity contribution in [3.05, 3.63) is 293 Å². The zero-order chi connectivity index (χ0) is 46.4. The lowest BCUT2D eigenvalue weighted by Gasteiger charge is -2.33. The lowest BCUT2D eigenvalue weighted by Crippen LogP contribution is -2.28. The van der Waals surface area contributed by atoms with Gasteiger partial charge in [0.2, 0.25) is 0 Å². The van der Waals surface area contributed by atoms with Crippen LogP contribution in [0, 0.1) is 0 Å². The smallest absolute Gasteiger partial charge is 0.0713 e. The highest BCUT2D eigenvalue weighted by atomic mass is 15.1. The van der Waals surface area contributed by atoms with Gasteiger partial charge in [-0.2, -0.15) is 0 Å². The molecule has 0 atom stereocenters. The van der Waals surface area contributed by atoms with Crippen LogP contribution in [0.3, 0.4) is 0 Å². The third-order valence-corrected chi connectivity index (χ3v) is 15.2. The SMILES string of the molecule is CCC1(CC)c2cc(C=Cc3cccc4c3-c3ccccc3C4(c3ccccc3)c3ccccc3)ccc2-c2ccc(N(c3ccccc3)c3ccc(-c4ccccc4)c(-c4ccccc4)c3)cc21. The summed E-state index contributed by atoms with van der Waals surface area (Å²) in [7, 11) is 0. The largest absolute Gasteiger partial charge is 0.310 e. The van der Waals surface area contributed by atoms with Crippen LogP contribution in [-0.4, -0.2) is 0 Å². The summed E-state index contributed by atoms with van der Waals surface area (Å²) in [6.45, 7) is 4.74. The first-order valence-corrected chi connectivity index (χ1v) is 24.5. The molecule has 0 N–H and O–H groups in total. The topological polar surface area (TPSA) is 3.24 Å². The van der Waals surface area contributed by atoms with E-state index in [9.17, 15) is 0 Å². The third-order valence-electron chi connectivity index (χ3n) is 15.2. The predicted molar refractivity (Wildman–Crippen MR) is 291 cm³/mol. The average Bonchev–Trinajstić information content (AvgIpc) is 3.89. The Hall–Kier alpha value is -8.26. The van der Waals surface area contributed by atoms with E-state index < -0.39 is 5.41 Å². The van der Waals surface area contributed by atoms with E-state index in [2.05, 4.69) is 280 Å². The zero-order valence-corrected chi connectivity index (χ0v) is 39.2. The van der Waals surface area contributed by atoms with Crippen LogP contribution in [0.4, 0.5) is 17.1 Å². The summed E-state index contributed by atoms with van der Waals surface area (Å²) in [5.74, 6) is 0. The molecule has 10 aromatic carbocycles. The molecule has 0 radical (unpaired) electrons. The van der Waals surface area contributed by atoms with Crippen molar-refractivity contribution in [2.75, 3.05) is 4.90 Å². The Balaban J connectivity index is 0.949. The van der Waals surface area contributed by atoms with Crippen LogP contribution >= 0.6 is 0 Å². The fourth-order valence-corrected chi connectivity index (χ4v) is 12.0. The van der Waals surface area contributed by atoms with Gasteiger partial charge in [0.15, 0.2) is 0 Å². The highest BCUT2D eigenvalue weighted by molar-refractivity contribution is 5.94. The monoisotopic (exact) mass is 883 g/mol. The van der Waals surface area contributed by atoms with E-state index in [1.54, 1.807) is 0 Å². The zero-order valence-electron chi connectivity index (χ0n) is 39.2. The number of para-hydroxylation sites is 1. The van der Waals surface area contributed by atoms with E-state index in [0.717, 1.165) is 29.9 Å². The lowest BCUT2D eigenvalue weighted by atomic mass is 9.67. The average molecular weight is 884 g/mol. The van der Waals surface area contributed by atoms with Gasteiger partial charge in [-0.05, 0) is 138 Å². The van der Waals surface area contributed by atoms with Crippen molar-refractivity contribution in [1.29, 1.82) is 0 Å². The maximum Gasteiger partial charge on any atom is 0.0713 e. The molecule has 0 aromatic heterocycles. The Kier molecular flexibility index (Phi) is 10.6.